The van der Waals surface area contributed by atoms with Crippen molar-refractivity contribution in [1.29, 1.82) is 0 Å². The lowest BCUT2D eigenvalue weighted by molar-refractivity contribution is -0.170. The van der Waals surface area contributed by atoms with Crippen molar-refractivity contribution in [3.05, 3.63) is 0 Å². The molecule has 1 unspecified atom stereocenters. The van der Waals surface area contributed by atoms with Gasteiger partial charge < -0.3 is 14.6 Å². The average Bonchev–Trinajstić information content (AvgIpc) is 2.53. The number of rotatable bonds is 4. The van der Waals surface area contributed by atoms with Crippen molar-refractivity contribution in [2.45, 2.75) is 32.0 Å². The zero-order valence-corrected chi connectivity index (χ0v) is 6.99. The fourth-order valence-electron chi connectivity index (χ4n) is 1.07. The first-order valence-corrected chi connectivity index (χ1v) is 4.25. The van der Waals surface area contributed by atoms with Gasteiger partial charge in [-0.25, -0.2) is 0 Å². The van der Waals surface area contributed by atoms with E-state index in [1.807, 2.05) is 0 Å². The standard InChI is InChI=1S/C8H14O4/c9-5-1-3-7(10)12-8-4-2-6-11-8/h8-9H,1-6H2. The average molecular weight is 174 g/mol. The van der Waals surface area contributed by atoms with E-state index in [4.69, 9.17) is 14.6 Å². The molecule has 0 amide bonds. The molecule has 0 radical (unpaired) electrons. The van der Waals surface area contributed by atoms with E-state index in [0.29, 0.717) is 13.0 Å². The maximum atomic E-state index is 10.9. The summed E-state index contributed by atoms with van der Waals surface area (Å²) in [5.74, 6) is -0.282. The predicted molar refractivity (Wildman–Crippen MR) is 41.4 cm³/mol. The minimum absolute atomic E-state index is 0.0284. The van der Waals surface area contributed by atoms with E-state index in [1.165, 1.54) is 0 Å². The van der Waals surface area contributed by atoms with Gasteiger partial charge in [-0.1, -0.05) is 0 Å². The van der Waals surface area contributed by atoms with Gasteiger partial charge in [0.2, 0.25) is 6.29 Å². The largest absolute Gasteiger partial charge is 0.436 e. The van der Waals surface area contributed by atoms with Gasteiger partial charge in [0, 0.05) is 19.4 Å². The first-order valence-electron chi connectivity index (χ1n) is 4.25. The van der Waals surface area contributed by atoms with Crippen LogP contribution in [0.2, 0.25) is 0 Å². The zero-order valence-electron chi connectivity index (χ0n) is 6.99. The third kappa shape index (κ3) is 3.19. The minimum atomic E-state index is -0.337. The lowest BCUT2D eigenvalue weighted by Crippen LogP contribution is -2.16. The lowest BCUT2D eigenvalue weighted by Gasteiger charge is -2.09. The fourth-order valence-corrected chi connectivity index (χ4v) is 1.07. The van der Waals surface area contributed by atoms with Crippen LogP contribution in [0, 0.1) is 0 Å². The summed E-state index contributed by atoms with van der Waals surface area (Å²) < 4.78 is 10.0. The third-order valence-corrected chi connectivity index (χ3v) is 1.69. The number of hydrogen-bond donors (Lipinski definition) is 1. The van der Waals surface area contributed by atoms with Crippen LogP contribution in [0.5, 0.6) is 0 Å². The predicted octanol–water partition coefficient (Wildman–Crippen LogP) is 0.439. The van der Waals surface area contributed by atoms with E-state index in [9.17, 15) is 4.79 Å². The molecule has 1 aliphatic heterocycles. The highest BCUT2D eigenvalue weighted by Gasteiger charge is 2.18. The van der Waals surface area contributed by atoms with E-state index < -0.39 is 0 Å². The molecule has 0 aromatic carbocycles. The molecule has 0 bridgehead atoms. The molecular weight excluding hydrogens is 160 g/mol. The Morgan fingerprint density at radius 2 is 2.50 bits per heavy atom. The summed E-state index contributed by atoms with van der Waals surface area (Å²) in [6, 6.07) is 0. The van der Waals surface area contributed by atoms with Gasteiger partial charge in [-0.05, 0) is 12.8 Å². The Kier molecular flexibility index (Phi) is 4.04. The quantitative estimate of drug-likeness (QED) is 0.628. The number of esters is 1. The Balaban J connectivity index is 2.08. The van der Waals surface area contributed by atoms with Crippen molar-refractivity contribution in [3.8, 4) is 0 Å². The van der Waals surface area contributed by atoms with Crippen LogP contribution in [-0.4, -0.2) is 30.6 Å². The molecule has 12 heavy (non-hydrogen) atoms. The lowest BCUT2D eigenvalue weighted by atomic mass is 10.3. The fraction of sp³-hybridized carbons (Fsp3) is 0.875. The van der Waals surface area contributed by atoms with Gasteiger partial charge in [-0.2, -0.15) is 0 Å². The SMILES string of the molecule is O=C(CCCO)OC1CCCO1. The topological polar surface area (TPSA) is 55.8 Å². The molecule has 0 aliphatic carbocycles. The number of hydrogen-bond acceptors (Lipinski definition) is 4. The van der Waals surface area contributed by atoms with Crippen LogP contribution < -0.4 is 0 Å². The van der Waals surface area contributed by atoms with Crippen molar-refractivity contribution in [1.82, 2.24) is 0 Å². The molecule has 1 atom stereocenters. The van der Waals surface area contributed by atoms with Gasteiger partial charge in [0.15, 0.2) is 0 Å². The summed E-state index contributed by atoms with van der Waals surface area (Å²) in [6.45, 7) is 0.707. The Labute approximate surface area is 71.5 Å². The Morgan fingerprint density at radius 3 is 3.08 bits per heavy atom. The van der Waals surface area contributed by atoms with Crippen LogP contribution in [0.3, 0.4) is 0 Å². The van der Waals surface area contributed by atoms with Crippen LogP contribution in [0.15, 0.2) is 0 Å². The maximum absolute atomic E-state index is 10.9. The number of carbonyl (C=O) groups is 1. The highest BCUT2D eigenvalue weighted by atomic mass is 16.7. The highest BCUT2D eigenvalue weighted by molar-refractivity contribution is 5.69. The highest BCUT2D eigenvalue weighted by Crippen LogP contribution is 2.13. The van der Waals surface area contributed by atoms with E-state index in [1.54, 1.807) is 0 Å². The van der Waals surface area contributed by atoms with Crippen LogP contribution in [0.25, 0.3) is 0 Å². The second kappa shape index (κ2) is 5.11. The smallest absolute Gasteiger partial charge is 0.308 e. The molecule has 1 saturated heterocycles. The first-order chi connectivity index (χ1) is 5.83. The molecule has 4 nitrogen and oxygen atoms in total. The van der Waals surface area contributed by atoms with E-state index in [-0.39, 0.29) is 25.3 Å². The Morgan fingerprint density at radius 1 is 1.67 bits per heavy atom. The number of aliphatic hydroxyl groups excluding tert-OH is 1. The molecule has 1 N–H and O–H groups in total. The van der Waals surface area contributed by atoms with Crippen molar-refractivity contribution in [2.24, 2.45) is 0 Å². The molecule has 1 rings (SSSR count). The van der Waals surface area contributed by atoms with Crippen molar-refractivity contribution in [3.63, 3.8) is 0 Å². The monoisotopic (exact) mass is 174 g/mol. The number of carbonyl (C=O) groups excluding carboxylic acids is 1. The summed E-state index contributed by atoms with van der Waals surface area (Å²) in [5.41, 5.74) is 0. The second-order valence-electron chi connectivity index (χ2n) is 2.76. The van der Waals surface area contributed by atoms with Crippen LogP contribution >= 0.6 is 0 Å². The molecule has 0 spiro atoms. The zero-order chi connectivity index (χ0) is 8.81. The molecule has 0 aromatic heterocycles. The molecule has 1 heterocycles. The number of ether oxygens (including phenoxy) is 2. The van der Waals surface area contributed by atoms with Gasteiger partial charge in [0.1, 0.15) is 0 Å². The molecule has 0 saturated carbocycles. The summed E-state index contributed by atoms with van der Waals surface area (Å²) in [7, 11) is 0. The second-order valence-corrected chi connectivity index (χ2v) is 2.76. The van der Waals surface area contributed by atoms with E-state index >= 15 is 0 Å². The molecule has 4 heteroatoms. The van der Waals surface area contributed by atoms with Gasteiger partial charge in [0.05, 0.1) is 6.61 Å². The number of aliphatic hydroxyl groups is 1. The van der Waals surface area contributed by atoms with Crippen LogP contribution in [0.1, 0.15) is 25.7 Å². The van der Waals surface area contributed by atoms with Crippen molar-refractivity contribution < 1.29 is 19.4 Å². The van der Waals surface area contributed by atoms with Crippen molar-refractivity contribution in [2.75, 3.05) is 13.2 Å². The van der Waals surface area contributed by atoms with Gasteiger partial charge in [-0.3, -0.25) is 4.79 Å². The van der Waals surface area contributed by atoms with Gasteiger partial charge in [-0.15, -0.1) is 0 Å². The Bertz CT molecular complexity index is 140. The third-order valence-electron chi connectivity index (χ3n) is 1.69. The summed E-state index contributed by atoms with van der Waals surface area (Å²) >= 11 is 0. The molecular formula is C8H14O4. The minimum Gasteiger partial charge on any atom is -0.436 e. The summed E-state index contributed by atoms with van der Waals surface area (Å²) in [4.78, 5) is 10.9. The molecule has 70 valence electrons. The Hall–Kier alpha value is -0.610. The molecule has 1 aliphatic rings. The molecule has 1 fully saturated rings. The normalized spacial score (nSPS) is 22.6. The van der Waals surface area contributed by atoms with Crippen molar-refractivity contribution >= 4 is 5.97 Å². The summed E-state index contributed by atoms with van der Waals surface area (Å²) in [6.07, 6.45) is 2.15. The van der Waals surface area contributed by atoms with Gasteiger partial charge >= 0.3 is 5.97 Å². The van der Waals surface area contributed by atoms with Crippen LogP contribution in [0.4, 0.5) is 0 Å². The van der Waals surface area contributed by atoms with E-state index in [0.717, 1.165) is 12.8 Å². The maximum Gasteiger partial charge on any atom is 0.308 e. The molecule has 0 aromatic rings. The summed E-state index contributed by atoms with van der Waals surface area (Å²) in [5, 5.41) is 8.44. The first kappa shape index (κ1) is 9.48. The van der Waals surface area contributed by atoms with Crippen LogP contribution in [-0.2, 0) is 14.3 Å². The van der Waals surface area contributed by atoms with Gasteiger partial charge in [0.25, 0.3) is 0 Å². The van der Waals surface area contributed by atoms with E-state index in [2.05, 4.69) is 0 Å².